The monoisotopic (exact) mass is 160 g/mol. The van der Waals surface area contributed by atoms with Gasteiger partial charge in [-0.05, 0) is 19.8 Å². The van der Waals surface area contributed by atoms with Gasteiger partial charge in [-0.25, -0.2) is 0 Å². The van der Waals surface area contributed by atoms with Crippen molar-refractivity contribution in [2.24, 2.45) is 5.73 Å². The van der Waals surface area contributed by atoms with Crippen molar-refractivity contribution in [1.29, 1.82) is 0 Å². The van der Waals surface area contributed by atoms with Crippen molar-refractivity contribution in [3.8, 4) is 0 Å². The lowest BCUT2D eigenvalue weighted by atomic mass is 10.3. The van der Waals surface area contributed by atoms with Gasteiger partial charge in [-0.1, -0.05) is 0 Å². The Morgan fingerprint density at radius 2 is 2.27 bits per heavy atom. The Hall–Kier alpha value is -0.610. The Bertz CT molecular complexity index is 115. The maximum Gasteiger partial charge on any atom is 0.236 e. The van der Waals surface area contributed by atoms with Gasteiger partial charge in [-0.3, -0.25) is 4.79 Å². The number of aliphatic hydroxyl groups excluding tert-OH is 1. The minimum atomic E-state index is -0.441. The minimum Gasteiger partial charge on any atom is -0.396 e. The van der Waals surface area contributed by atoms with E-state index in [0.717, 1.165) is 12.8 Å². The van der Waals surface area contributed by atoms with Crippen LogP contribution in [0.2, 0.25) is 0 Å². The van der Waals surface area contributed by atoms with Crippen molar-refractivity contribution in [3.63, 3.8) is 0 Å². The zero-order valence-electron chi connectivity index (χ0n) is 6.84. The van der Waals surface area contributed by atoms with E-state index in [1.807, 2.05) is 0 Å². The lowest BCUT2D eigenvalue weighted by Gasteiger charge is -2.06. The Labute approximate surface area is 66.8 Å². The summed E-state index contributed by atoms with van der Waals surface area (Å²) in [5.74, 6) is -0.136. The highest BCUT2D eigenvalue weighted by Crippen LogP contribution is 1.84. The van der Waals surface area contributed by atoms with Gasteiger partial charge >= 0.3 is 0 Å². The van der Waals surface area contributed by atoms with Gasteiger partial charge in [0.25, 0.3) is 0 Å². The molecule has 0 heterocycles. The Kier molecular flexibility index (Phi) is 5.78. The Balaban J connectivity index is 3.18. The second kappa shape index (κ2) is 6.12. The average molecular weight is 160 g/mol. The highest BCUT2D eigenvalue weighted by atomic mass is 16.2. The third kappa shape index (κ3) is 5.82. The molecular weight excluding hydrogens is 144 g/mol. The quantitative estimate of drug-likeness (QED) is 0.462. The predicted octanol–water partition coefficient (Wildman–Crippen LogP) is -0.778. The number of nitrogens with two attached hydrogens (primary N) is 1. The molecule has 4 nitrogen and oxygen atoms in total. The molecule has 1 atom stereocenters. The third-order valence-corrected chi connectivity index (χ3v) is 1.30. The largest absolute Gasteiger partial charge is 0.396 e. The van der Waals surface area contributed by atoms with Crippen LogP contribution in [0.15, 0.2) is 0 Å². The fourth-order valence-corrected chi connectivity index (χ4v) is 0.609. The number of hydrogen-bond donors (Lipinski definition) is 3. The van der Waals surface area contributed by atoms with Gasteiger partial charge in [0, 0.05) is 13.2 Å². The van der Waals surface area contributed by atoms with E-state index in [4.69, 9.17) is 10.8 Å². The number of carbonyl (C=O) groups excluding carboxylic acids is 1. The molecular formula is C7H16N2O2. The molecule has 0 fully saturated rings. The molecule has 0 rings (SSSR count). The molecule has 0 aliphatic rings. The van der Waals surface area contributed by atoms with E-state index in [1.54, 1.807) is 6.92 Å². The molecule has 0 aromatic carbocycles. The summed E-state index contributed by atoms with van der Waals surface area (Å²) in [5.41, 5.74) is 5.29. The van der Waals surface area contributed by atoms with Crippen molar-refractivity contribution >= 4 is 5.91 Å². The van der Waals surface area contributed by atoms with E-state index >= 15 is 0 Å². The van der Waals surface area contributed by atoms with Gasteiger partial charge in [0.1, 0.15) is 0 Å². The van der Waals surface area contributed by atoms with Crippen LogP contribution in [-0.2, 0) is 4.79 Å². The van der Waals surface area contributed by atoms with Crippen LogP contribution in [0.4, 0.5) is 0 Å². The van der Waals surface area contributed by atoms with E-state index in [0.29, 0.717) is 6.54 Å². The molecule has 0 spiro atoms. The molecule has 0 saturated heterocycles. The van der Waals surface area contributed by atoms with Crippen LogP contribution in [0, 0.1) is 0 Å². The average Bonchev–Trinajstić information content (AvgIpc) is 1.97. The van der Waals surface area contributed by atoms with Crippen LogP contribution >= 0.6 is 0 Å². The zero-order chi connectivity index (χ0) is 8.69. The molecule has 0 aliphatic carbocycles. The maximum absolute atomic E-state index is 10.8. The van der Waals surface area contributed by atoms with Crippen LogP contribution in [0.25, 0.3) is 0 Å². The molecule has 0 aromatic heterocycles. The van der Waals surface area contributed by atoms with Gasteiger partial charge in [0.05, 0.1) is 6.04 Å². The van der Waals surface area contributed by atoms with Crippen molar-refractivity contribution < 1.29 is 9.90 Å². The van der Waals surface area contributed by atoms with E-state index in [2.05, 4.69) is 5.32 Å². The van der Waals surface area contributed by atoms with E-state index in [9.17, 15) is 4.79 Å². The van der Waals surface area contributed by atoms with Gasteiger partial charge in [0.15, 0.2) is 0 Å². The summed E-state index contributed by atoms with van der Waals surface area (Å²) in [7, 11) is 0. The van der Waals surface area contributed by atoms with Crippen molar-refractivity contribution in [3.05, 3.63) is 0 Å². The van der Waals surface area contributed by atoms with Crippen molar-refractivity contribution in [2.75, 3.05) is 13.2 Å². The lowest BCUT2D eigenvalue weighted by Crippen LogP contribution is -2.38. The third-order valence-electron chi connectivity index (χ3n) is 1.30. The molecule has 0 bridgehead atoms. The highest BCUT2D eigenvalue weighted by Gasteiger charge is 2.04. The lowest BCUT2D eigenvalue weighted by molar-refractivity contribution is -0.121. The minimum absolute atomic E-state index is 0.136. The van der Waals surface area contributed by atoms with Crippen LogP contribution in [0.3, 0.4) is 0 Å². The summed E-state index contributed by atoms with van der Waals surface area (Å²) < 4.78 is 0. The number of nitrogens with one attached hydrogen (secondary N) is 1. The molecule has 1 amide bonds. The first-order chi connectivity index (χ1) is 5.18. The predicted molar refractivity (Wildman–Crippen MR) is 43.0 cm³/mol. The Morgan fingerprint density at radius 3 is 2.73 bits per heavy atom. The summed E-state index contributed by atoms with van der Waals surface area (Å²) in [6.45, 7) is 2.41. The second-order valence-electron chi connectivity index (χ2n) is 2.51. The smallest absolute Gasteiger partial charge is 0.236 e. The first-order valence-electron chi connectivity index (χ1n) is 3.82. The van der Waals surface area contributed by atoms with Gasteiger partial charge in [-0.15, -0.1) is 0 Å². The molecule has 11 heavy (non-hydrogen) atoms. The van der Waals surface area contributed by atoms with Gasteiger partial charge < -0.3 is 16.2 Å². The molecule has 0 saturated carbocycles. The van der Waals surface area contributed by atoms with Crippen molar-refractivity contribution in [1.82, 2.24) is 5.32 Å². The van der Waals surface area contributed by atoms with Crippen LogP contribution in [0.5, 0.6) is 0 Å². The second-order valence-corrected chi connectivity index (χ2v) is 2.51. The van der Waals surface area contributed by atoms with Crippen LogP contribution < -0.4 is 11.1 Å². The molecule has 0 radical (unpaired) electrons. The zero-order valence-corrected chi connectivity index (χ0v) is 6.84. The molecule has 66 valence electrons. The summed E-state index contributed by atoms with van der Waals surface area (Å²) >= 11 is 0. The molecule has 4 N–H and O–H groups in total. The van der Waals surface area contributed by atoms with Crippen LogP contribution in [-0.4, -0.2) is 30.2 Å². The highest BCUT2D eigenvalue weighted by molar-refractivity contribution is 5.80. The molecule has 0 aliphatic heterocycles. The summed E-state index contributed by atoms with van der Waals surface area (Å²) in [4.78, 5) is 10.8. The fourth-order valence-electron chi connectivity index (χ4n) is 0.609. The van der Waals surface area contributed by atoms with E-state index in [1.165, 1.54) is 0 Å². The molecule has 1 unspecified atom stereocenters. The first kappa shape index (κ1) is 10.4. The van der Waals surface area contributed by atoms with Gasteiger partial charge in [-0.2, -0.15) is 0 Å². The van der Waals surface area contributed by atoms with Crippen molar-refractivity contribution in [2.45, 2.75) is 25.8 Å². The fraction of sp³-hybridized carbons (Fsp3) is 0.857. The topological polar surface area (TPSA) is 75.4 Å². The Morgan fingerprint density at radius 1 is 1.64 bits per heavy atom. The van der Waals surface area contributed by atoms with E-state index in [-0.39, 0.29) is 12.5 Å². The number of carbonyl (C=O) groups is 1. The summed E-state index contributed by atoms with van der Waals surface area (Å²) in [5, 5.41) is 11.0. The maximum atomic E-state index is 10.8. The number of aliphatic hydroxyl groups is 1. The summed E-state index contributed by atoms with van der Waals surface area (Å²) in [6, 6.07) is -0.441. The SMILES string of the molecule is CC(N)C(=O)NCCCCO. The standard InChI is InChI=1S/C7H16N2O2/c1-6(8)7(11)9-4-2-3-5-10/h6,10H,2-5,8H2,1H3,(H,9,11). The first-order valence-corrected chi connectivity index (χ1v) is 3.82. The summed E-state index contributed by atoms with van der Waals surface area (Å²) in [6.07, 6.45) is 1.52. The number of rotatable bonds is 5. The van der Waals surface area contributed by atoms with Crippen LogP contribution in [0.1, 0.15) is 19.8 Å². The number of unbranched alkanes of at least 4 members (excludes halogenated alkanes) is 1. The van der Waals surface area contributed by atoms with Gasteiger partial charge in [0.2, 0.25) is 5.91 Å². The number of hydrogen-bond acceptors (Lipinski definition) is 3. The molecule has 4 heteroatoms. The normalized spacial score (nSPS) is 12.6. The molecule has 0 aromatic rings. The van der Waals surface area contributed by atoms with E-state index < -0.39 is 6.04 Å². The number of amides is 1.